The fourth-order valence-electron chi connectivity index (χ4n) is 2.21. The molecule has 0 heterocycles. The Labute approximate surface area is 99.4 Å². The van der Waals surface area contributed by atoms with E-state index in [-0.39, 0.29) is 11.9 Å². The van der Waals surface area contributed by atoms with Gasteiger partial charge in [0.15, 0.2) is 0 Å². The summed E-state index contributed by atoms with van der Waals surface area (Å²) in [5.74, 6) is 0.111. The molecule has 1 rings (SSSR count). The summed E-state index contributed by atoms with van der Waals surface area (Å²) in [7, 11) is 0. The summed E-state index contributed by atoms with van der Waals surface area (Å²) in [6.45, 7) is 9.09. The molecular formula is C13H26N2O. The van der Waals surface area contributed by atoms with E-state index in [0.717, 1.165) is 0 Å². The van der Waals surface area contributed by atoms with Gasteiger partial charge in [-0.15, -0.1) is 0 Å². The first-order valence-electron chi connectivity index (χ1n) is 6.42. The van der Waals surface area contributed by atoms with Gasteiger partial charge in [0, 0.05) is 12.1 Å². The van der Waals surface area contributed by atoms with Gasteiger partial charge in [-0.3, -0.25) is 4.79 Å². The molecule has 16 heavy (non-hydrogen) atoms. The molecular weight excluding hydrogens is 200 g/mol. The molecule has 1 aliphatic rings. The van der Waals surface area contributed by atoms with Gasteiger partial charge in [0.25, 0.3) is 0 Å². The zero-order valence-electron chi connectivity index (χ0n) is 11.1. The number of nitrogens with one attached hydrogen (secondary N) is 2. The summed E-state index contributed by atoms with van der Waals surface area (Å²) >= 11 is 0. The lowest BCUT2D eigenvalue weighted by Gasteiger charge is -2.34. The lowest BCUT2D eigenvalue weighted by atomic mass is 9.75. The summed E-state index contributed by atoms with van der Waals surface area (Å²) in [4.78, 5) is 11.4. The van der Waals surface area contributed by atoms with Gasteiger partial charge in [-0.2, -0.15) is 0 Å². The number of rotatable bonds is 4. The van der Waals surface area contributed by atoms with E-state index in [9.17, 15) is 4.79 Å². The number of hydrogen-bond acceptors (Lipinski definition) is 2. The van der Waals surface area contributed by atoms with Crippen molar-refractivity contribution in [2.24, 2.45) is 5.41 Å². The number of carbonyl (C=O) groups excluding carboxylic acids is 1. The Hall–Kier alpha value is -0.570. The lowest BCUT2D eigenvalue weighted by molar-refractivity contribution is -0.120. The zero-order chi connectivity index (χ0) is 12.2. The summed E-state index contributed by atoms with van der Waals surface area (Å²) in [6.07, 6.45) is 4.91. The number of amides is 1. The standard InChI is InChI=1S/C13H26N2O/c1-10(2)15-12(16)9-14-11-5-7-13(3,4)8-6-11/h10-11,14H,5-9H2,1-4H3,(H,15,16). The molecule has 1 saturated carbocycles. The van der Waals surface area contributed by atoms with E-state index in [4.69, 9.17) is 0 Å². The molecule has 0 aromatic rings. The summed E-state index contributed by atoms with van der Waals surface area (Å²) in [5, 5.41) is 6.25. The molecule has 0 atom stereocenters. The minimum atomic E-state index is 0.111. The molecule has 3 heteroatoms. The number of carbonyl (C=O) groups is 1. The zero-order valence-corrected chi connectivity index (χ0v) is 11.1. The second-order valence-electron chi connectivity index (χ2n) is 6.04. The summed E-state index contributed by atoms with van der Waals surface area (Å²) in [5.41, 5.74) is 0.498. The van der Waals surface area contributed by atoms with Crippen molar-refractivity contribution in [2.45, 2.75) is 65.5 Å². The molecule has 1 fully saturated rings. The average molecular weight is 226 g/mol. The van der Waals surface area contributed by atoms with Crippen LogP contribution in [0.1, 0.15) is 53.4 Å². The Morgan fingerprint density at radius 2 is 1.88 bits per heavy atom. The fourth-order valence-corrected chi connectivity index (χ4v) is 2.21. The molecule has 3 nitrogen and oxygen atoms in total. The van der Waals surface area contributed by atoms with Crippen molar-refractivity contribution in [1.82, 2.24) is 10.6 Å². The van der Waals surface area contributed by atoms with Crippen LogP contribution in [0.4, 0.5) is 0 Å². The van der Waals surface area contributed by atoms with Crippen LogP contribution in [0.3, 0.4) is 0 Å². The van der Waals surface area contributed by atoms with Gasteiger partial charge in [0.05, 0.1) is 6.54 Å². The van der Waals surface area contributed by atoms with Crippen LogP contribution in [0, 0.1) is 5.41 Å². The first kappa shape index (κ1) is 13.5. The van der Waals surface area contributed by atoms with Gasteiger partial charge in [-0.05, 0) is 44.9 Å². The molecule has 0 aromatic carbocycles. The summed E-state index contributed by atoms with van der Waals surface area (Å²) in [6, 6.07) is 0.769. The SMILES string of the molecule is CC(C)NC(=O)CNC1CCC(C)(C)CC1. The van der Waals surface area contributed by atoms with Crippen molar-refractivity contribution in [2.75, 3.05) is 6.54 Å². The largest absolute Gasteiger partial charge is 0.353 e. The van der Waals surface area contributed by atoms with Crippen LogP contribution < -0.4 is 10.6 Å². The van der Waals surface area contributed by atoms with Gasteiger partial charge >= 0.3 is 0 Å². The van der Waals surface area contributed by atoms with E-state index in [0.29, 0.717) is 18.0 Å². The molecule has 94 valence electrons. The van der Waals surface area contributed by atoms with Gasteiger partial charge in [-0.25, -0.2) is 0 Å². The molecule has 0 aliphatic heterocycles. The van der Waals surface area contributed by atoms with Crippen LogP contribution >= 0.6 is 0 Å². The second kappa shape index (κ2) is 5.67. The molecule has 0 radical (unpaired) electrons. The monoisotopic (exact) mass is 226 g/mol. The second-order valence-corrected chi connectivity index (χ2v) is 6.04. The molecule has 0 spiro atoms. The topological polar surface area (TPSA) is 41.1 Å². The van der Waals surface area contributed by atoms with E-state index in [2.05, 4.69) is 24.5 Å². The van der Waals surface area contributed by atoms with Crippen molar-refractivity contribution in [1.29, 1.82) is 0 Å². The van der Waals surface area contributed by atoms with Crippen LogP contribution in [0.2, 0.25) is 0 Å². The highest BCUT2D eigenvalue weighted by Gasteiger charge is 2.26. The first-order chi connectivity index (χ1) is 7.39. The van der Waals surface area contributed by atoms with Crippen molar-refractivity contribution in [3.63, 3.8) is 0 Å². The predicted molar refractivity (Wildman–Crippen MR) is 67.3 cm³/mol. The highest BCUT2D eigenvalue weighted by molar-refractivity contribution is 5.78. The van der Waals surface area contributed by atoms with E-state index >= 15 is 0 Å². The lowest BCUT2D eigenvalue weighted by Crippen LogP contribution is -2.43. The van der Waals surface area contributed by atoms with Gasteiger partial charge < -0.3 is 10.6 Å². The normalized spacial score (nSPS) is 21.1. The van der Waals surface area contributed by atoms with Crippen molar-refractivity contribution >= 4 is 5.91 Å². The Morgan fingerprint density at radius 3 is 2.38 bits per heavy atom. The minimum Gasteiger partial charge on any atom is -0.353 e. The van der Waals surface area contributed by atoms with Crippen LogP contribution in [-0.2, 0) is 4.79 Å². The molecule has 1 amide bonds. The Balaban J connectivity index is 2.17. The molecule has 0 bridgehead atoms. The highest BCUT2D eigenvalue weighted by atomic mass is 16.1. The third-order valence-corrected chi connectivity index (χ3v) is 3.34. The average Bonchev–Trinajstić information content (AvgIpc) is 2.15. The van der Waals surface area contributed by atoms with Crippen LogP contribution in [0.5, 0.6) is 0 Å². The third kappa shape index (κ3) is 4.97. The smallest absolute Gasteiger partial charge is 0.234 e. The Kier molecular flexibility index (Phi) is 4.78. The Morgan fingerprint density at radius 1 is 1.31 bits per heavy atom. The van der Waals surface area contributed by atoms with Gasteiger partial charge in [0.2, 0.25) is 5.91 Å². The highest BCUT2D eigenvalue weighted by Crippen LogP contribution is 2.34. The Bertz CT molecular complexity index is 226. The fraction of sp³-hybridized carbons (Fsp3) is 0.923. The molecule has 0 unspecified atom stereocenters. The molecule has 2 N–H and O–H groups in total. The first-order valence-corrected chi connectivity index (χ1v) is 6.42. The maximum absolute atomic E-state index is 11.4. The van der Waals surface area contributed by atoms with Crippen LogP contribution in [0.15, 0.2) is 0 Å². The van der Waals surface area contributed by atoms with Crippen molar-refractivity contribution in [3.8, 4) is 0 Å². The summed E-state index contributed by atoms with van der Waals surface area (Å²) < 4.78 is 0. The van der Waals surface area contributed by atoms with E-state index in [1.165, 1.54) is 25.7 Å². The van der Waals surface area contributed by atoms with Gasteiger partial charge in [-0.1, -0.05) is 13.8 Å². The van der Waals surface area contributed by atoms with E-state index < -0.39 is 0 Å². The minimum absolute atomic E-state index is 0.111. The van der Waals surface area contributed by atoms with Crippen molar-refractivity contribution < 1.29 is 4.79 Å². The van der Waals surface area contributed by atoms with E-state index in [1.54, 1.807) is 0 Å². The van der Waals surface area contributed by atoms with Crippen LogP contribution in [0.25, 0.3) is 0 Å². The quantitative estimate of drug-likeness (QED) is 0.770. The van der Waals surface area contributed by atoms with E-state index in [1.807, 2.05) is 13.8 Å². The third-order valence-electron chi connectivity index (χ3n) is 3.34. The number of hydrogen-bond donors (Lipinski definition) is 2. The molecule has 0 saturated heterocycles. The van der Waals surface area contributed by atoms with Crippen LogP contribution in [-0.4, -0.2) is 24.5 Å². The maximum atomic E-state index is 11.4. The molecule has 0 aromatic heterocycles. The predicted octanol–water partition coefficient (Wildman–Crippen LogP) is 2.07. The van der Waals surface area contributed by atoms with Crippen molar-refractivity contribution in [3.05, 3.63) is 0 Å². The maximum Gasteiger partial charge on any atom is 0.234 e. The van der Waals surface area contributed by atoms with Gasteiger partial charge in [0.1, 0.15) is 0 Å². The molecule has 1 aliphatic carbocycles.